The summed E-state index contributed by atoms with van der Waals surface area (Å²) >= 11 is 0. The van der Waals surface area contributed by atoms with Gasteiger partial charge in [0.05, 0.1) is 114 Å². The SMILES string of the molecule is C=CC(=C)OCC(COCC(CCC(=O)C=C)(COCC(C)(N)OCCC(C)(C)OCC(COCC(COC(=C)C=C)COC(=O)CC)(COC(=O)C=C)COC(=O)C=C)COC(=C)C=C)COC(=O)C=C. The average Bonchev–Trinajstić information content (AvgIpc) is 3.37. The van der Waals surface area contributed by atoms with Gasteiger partial charge in [-0.3, -0.25) is 9.59 Å². The Labute approximate surface area is 427 Å². The molecule has 18 heteroatoms. The van der Waals surface area contributed by atoms with Gasteiger partial charge < -0.3 is 62.6 Å². The molecule has 0 rings (SSSR count). The van der Waals surface area contributed by atoms with Crippen LogP contribution in [0.15, 0.2) is 126 Å². The van der Waals surface area contributed by atoms with Gasteiger partial charge >= 0.3 is 23.9 Å². The van der Waals surface area contributed by atoms with Gasteiger partial charge in [-0.2, -0.15) is 0 Å². The fourth-order valence-electron chi connectivity index (χ4n) is 5.73. The minimum absolute atomic E-state index is 0.00866. The number of esters is 4. The van der Waals surface area contributed by atoms with E-state index in [2.05, 4.69) is 65.8 Å². The highest BCUT2D eigenvalue weighted by Crippen LogP contribution is 2.30. The van der Waals surface area contributed by atoms with Crippen LogP contribution in [0.5, 0.6) is 0 Å². The van der Waals surface area contributed by atoms with Crippen LogP contribution in [-0.2, 0) is 80.8 Å². The van der Waals surface area contributed by atoms with Gasteiger partial charge in [-0.25, -0.2) is 14.4 Å². The predicted octanol–water partition coefficient (Wildman–Crippen LogP) is 6.94. The summed E-state index contributed by atoms with van der Waals surface area (Å²) in [6.45, 7) is 42.6. The molecule has 18 nitrogen and oxygen atoms in total. The summed E-state index contributed by atoms with van der Waals surface area (Å²) in [6, 6.07) is 0. The van der Waals surface area contributed by atoms with Crippen LogP contribution in [0.3, 0.4) is 0 Å². The highest BCUT2D eigenvalue weighted by atomic mass is 16.6. The maximum Gasteiger partial charge on any atom is 0.330 e. The lowest BCUT2D eigenvalue weighted by Gasteiger charge is -2.37. The first kappa shape index (κ1) is 66.1. The molecule has 0 aliphatic rings. The van der Waals surface area contributed by atoms with E-state index in [-0.39, 0.29) is 136 Å². The van der Waals surface area contributed by atoms with Crippen molar-refractivity contribution in [2.75, 3.05) is 99.1 Å². The third-order valence-corrected chi connectivity index (χ3v) is 10.4. The highest BCUT2D eigenvalue weighted by molar-refractivity contribution is 5.89. The van der Waals surface area contributed by atoms with Crippen molar-refractivity contribution in [3.8, 4) is 0 Å². The lowest BCUT2D eigenvalue weighted by molar-refractivity contribution is -0.168. The van der Waals surface area contributed by atoms with Crippen molar-refractivity contribution in [3.63, 3.8) is 0 Å². The van der Waals surface area contributed by atoms with Crippen LogP contribution in [-0.4, -0.2) is 140 Å². The van der Waals surface area contributed by atoms with E-state index in [1.54, 1.807) is 13.8 Å². The quantitative estimate of drug-likeness (QED) is 0.0163. The standard InChI is InChI=1S/C54H81NO17/c1-15-41(9)64-29-44(31-66-47(57)19-5)27-61-34-53(24-23-46(56)18-4,37-68-43(11)17-3)35-63-33-52(14,55)71-26-25-51(12,13)72-40-54(38-69-49(59)21-7,39-70-50(60)22-8)36-62-28-45(30-65-42(10)16-2)32-67-48(58)20-6/h15-19,21-22,44-45H,1-5,7-11,20,23-40,55H2,6,12-14H3. The minimum atomic E-state index is -1.34. The topological polar surface area (TPSA) is 222 Å². The lowest BCUT2D eigenvalue weighted by atomic mass is 9.84. The van der Waals surface area contributed by atoms with Gasteiger partial charge in [0.2, 0.25) is 0 Å². The summed E-state index contributed by atoms with van der Waals surface area (Å²) in [5.41, 5.74) is 2.16. The summed E-state index contributed by atoms with van der Waals surface area (Å²) in [5.74, 6) is -2.64. The number of nitrogens with two attached hydrogens (primary N) is 1. The van der Waals surface area contributed by atoms with Gasteiger partial charge in [0.15, 0.2) is 5.78 Å². The van der Waals surface area contributed by atoms with Crippen LogP contribution in [0.1, 0.15) is 53.4 Å². The van der Waals surface area contributed by atoms with E-state index in [1.807, 2.05) is 13.8 Å². The van der Waals surface area contributed by atoms with E-state index in [4.69, 9.17) is 62.6 Å². The first-order chi connectivity index (χ1) is 34.0. The fourth-order valence-corrected chi connectivity index (χ4v) is 5.73. The van der Waals surface area contributed by atoms with Crippen molar-refractivity contribution in [3.05, 3.63) is 126 Å². The van der Waals surface area contributed by atoms with Crippen molar-refractivity contribution in [1.29, 1.82) is 0 Å². The molecule has 4 unspecified atom stereocenters. The van der Waals surface area contributed by atoms with E-state index < -0.39 is 57.9 Å². The molecule has 0 heterocycles. The number of rotatable bonds is 47. The number of ether oxygens (including phenoxy) is 12. The molecule has 72 heavy (non-hydrogen) atoms. The molecule has 404 valence electrons. The molecule has 0 aliphatic carbocycles. The molecular weight excluding hydrogens is 935 g/mol. The number of carbonyl (C=O) groups is 5. The smallest absolute Gasteiger partial charge is 0.330 e. The number of ketones is 1. The summed E-state index contributed by atoms with van der Waals surface area (Å²) in [5, 5.41) is 0. The van der Waals surface area contributed by atoms with Crippen LogP contribution in [0.2, 0.25) is 0 Å². The molecule has 0 saturated carbocycles. The average molecular weight is 1020 g/mol. The Balaban J connectivity index is 6.26. The Morgan fingerprint density at radius 3 is 1.40 bits per heavy atom. The number of hydrogen-bond acceptors (Lipinski definition) is 18. The summed E-state index contributed by atoms with van der Waals surface area (Å²) < 4.78 is 69.9. The van der Waals surface area contributed by atoms with Crippen LogP contribution >= 0.6 is 0 Å². The van der Waals surface area contributed by atoms with Gasteiger partial charge in [-0.15, -0.1) is 0 Å². The van der Waals surface area contributed by atoms with Gasteiger partial charge in [-0.1, -0.05) is 72.7 Å². The van der Waals surface area contributed by atoms with E-state index in [1.165, 1.54) is 24.3 Å². The van der Waals surface area contributed by atoms with Crippen LogP contribution in [0.4, 0.5) is 0 Å². The Hall–Kier alpha value is -5.89. The van der Waals surface area contributed by atoms with Gasteiger partial charge in [0.1, 0.15) is 36.2 Å². The van der Waals surface area contributed by atoms with E-state index >= 15 is 0 Å². The zero-order valence-electron chi connectivity index (χ0n) is 43.2. The summed E-state index contributed by atoms with van der Waals surface area (Å²) in [4.78, 5) is 61.1. The molecule has 0 fully saturated rings. The molecule has 0 aliphatic heterocycles. The van der Waals surface area contributed by atoms with Crippen molar-refractivity contribution in [1.82, 2.24) is 0 Å². The van der Waals surface area contributed by atoms with Crippen LogP contribution < -0.4 is 5.73 Å². The molecule has 0 spiro atoms. The fraction of sp³-hybridized carbons (Fsp3) is 0.537. The number of allylic oxidation sites excluding steroid dienone is 4. The second kappa shape index (κ2) is 36.1. The largest absolute Gasteiger partial charge is 0.494 e. The molecule has 0 bridgehead atoms. The molecule has 0 radical (unpaired) electrons. The minimum Gasteiger partial charge on any atom is -0.494 e. The maximum atomic E-state index is 12.5. The predicted molar refractivity (Wildman–Crippen MR) is 273 cm³/mol. The molecule has 0 aromatic carbocycles. The van der Waals surface area contributed by atoms with Gasteiger partial charge in [0.25, 0.3) is 0 Å². The molecule has 0 amide bonds. The van der Waals surface area contributed by atoms with Crippen LogP contribution in [0.25, 0.3) is 0 Å². The van der Waals surface area contributed by atoms with Gasteiger partial charge in [-0.05, 0) is 57.9 Å². The monoisotopic (exact) mass is 1020 g/mol. The van der Waals surface area contributed by atoms with E-state index in [9.17, 15) is 24.0 Å². The van der Waals surface area contributed by atoms with Gasteiger partial charge in [0, 0.05) is 31.1 Å². The lowest BCUT2D eigenvalue weighted by Crippen LogP contribution is -2.48. The molecule has 0 aromatic heterocycles. The first-order valence-corrected chi connectivity index (χ1v) is 23.3. The second-order valence-electron chi connectivity index (χ2n) is 17.8. The Morgan fingerprint density at radius 1 is 0.472 bits per heavy atom. The van der Waals surface area contributed by atoms with E-state index in [0.29, 0.717) is 11.5 Å². The van der Waals surface area contributed by atoms with Crippen molar-refractivity contribution in [2.45, 2.75) is 64.7 Å². The molecule has 4 atom stereocenters. The number of hydrogen-bond donors (Lipinski definition) is 1. The molecule has 0 saturated heterocycles. The molecule has 2 N–H and O–H groups in total. The summed E-state index contributed by atoms with van der Waals surface area (Å²) in [7, 11) is 0. The third-order valence-electron chi connectivity index (χ3n) is 10.4. The number of carbonyl (C=O) groups excluding carboxylic acids is 5. The van der Waals surface area contributed by atoms with Crippen molar-refractivity contribution >= 4 is 29.7 Å². The van der Waals surface area contributed by atoms with Crippen molar-refractivity contribution in [2.24, 2.45) is 28.4 Å². The first-order valence-electron chi connectivity index (χ1n) is 23.3. The zero-order chi connectivity index (χ0) is 54.6. The Morgan fingerprint density at radius 2 is 0.917 bits per heavy atom. The molecular formula is C54H81NO17. The van der Waals surface area contributed by atoms with Crippen LogP contribution in [0, 0.1) is 22.7 Å². The summed E-state index contributed by atoms with van der Waals surface area (Å²) in [6.07, 6.45) is 9.40. The Bertz CT molecular complexity index is 1760. The highest BCUT2D eigenvalue weighted by Gasteiger charge is 2.38. The van der Waals surface area contributed by atoms with E-state index in [0.717, 1.165) is 18.2 Å². The third kappa shape index (κ3) is 30.8. The zero-order valence-corrected chi connectivity index (χ0v) is 43.2. The molecule has 0 aromatic rings. The van der Waals surface area contributed by atoms with Crippen molar-refractivity contribution < 1.29 is 80.8 Å². The maximum absolute atomic E-state index is 12.5. The second-order valence-corrected chi connectivity index (χ2v) is 17.8. The Kier molecular flexibility index (Phi) is 33.1. The normalized spacial score (nSPS) is 13.7.